The average Bonchev–Trinajstić information content (AvgIpc) is 2.37. The zero-order valence-corrected chi connectivity index (χ0v) is 12.7. The molecule has 0 spiro atoms. The van der Waals surface area contributed by atoms with Crippen molar-refractivity contribution in [2.75, 3.05) is 13.6 Å². The van der Waals surface area contributed by atoms with Crippen molar-refractivity contribution in [2.45, 2.75) is 31.1 Å². The summed E-state index contributed by atoms with van der Waals surface area (Å²) in [4.78, 5) is 13.6. The predicted molar refractivity (Wildman–Crippen MR) is 76.0 cm³/mol. The van der Waals surface area contributed by atoms with Gasteiger partial charge in [-0.2, -0.15) is 0 Å². The molecular formula is C13H18ClNO3S. The molecule has 1 aromatic carbocycles. The topological polar surface area (TPSA) is 54.5 Å². The minimum absolute atomic E-state index is 0.122. The molecule has 1 rings (SSSR count). The lowest BCUT2D eigenvalue weighted by Crippen LogP contribution is -2.28. The zero-order chi connectivity index (χ0) is 14.5. The van der Waals surface area contributed by atoms with Crippen molar-refractivity contribution in [1.82, 2.24) is 4.90 Å². The third kappa shape index (κ3) is 4.51. The van der Waals surface area contributed by atoms with Crippen LogP contribution in [0.4, 0.5) is 0 Å². The van der Waals surface area contributed by atoms with E-state index in [-0.39, 0.29) is 16.4 Å². The fraction of sp³-hybridized carbons (Fsp3) is 0.462. The highest BCUT2D eigenvalue weighted by Crippen LogP contribution is 2.21. The highest BCUT2D eigenvalue weighted by atomic mass is 35.7. The SMILES string of the molecule is CCCCCN(C)C(=O)c1ccccc1S(=O)(=O)Cl. The minimum atomic E-state index is -3.91. The molecule has 0 aliphatic heterocycles. The lowest BCUT2D eigenvalue weighted by atomic mass is 10.2. The van der Waals surface area contributed by atoms with Gasteiger partial charge in [-0.15, -0.1) is 0 Å². The van der Waals surface area contributed by atoms with E-state index < -0.39 is 9.05 Å². The maximum atomic E-state index is 12.2. The van der Waals surface area contributed by atoms with Crippen LogP contribution in [-0.2, 0) is 9.05 Å². The Labute approximate surface area is 118 Å². The van der Waals surface area contributed by atoms with Gasteiger partial charge in [-0.05, 0) is 18.6 Å². The van der Waals surface area contributed by atoms with Crippen molar-refractivity contribution in [3.8, 4) is 0 Å². The largest absolute Gasteiger partial charge is 0.342 e. The van der Waals surface area contributed by atoms with Gasteiger partial charge in [-0.1, -0.05) is 31.9 Å². The first-order valence-corrected chi connectivity index (χ1v) is 8.48. The molecule has 6 heteroatoms. The first-order chi connectivity index (χ1) is 8.88. The fourth-order valence-corrected chi connectivity index (χ4v) is 2.82. The van der Waals surface area contributed by atoms with Crippen LogP contribution in [0.15, 0.2) is 29.2 Å². The van der Waals surface area contributed by atoms with Crippen molar-refractivity contribution in [1.29, 1.82) is 0 Å². The van der Waals surface area contributed by atoms with Gasteiger partial charge in [0.1, 0.15) is 0 Å². The summed E-state index contributed by atoms with van der Waals surface area (Å²) >= 11 is 0. The number of nitrogens with zero attached hydrogens (tertiary/aromatic N) is 1. The third-order valence-corrected chi connectivity index (χ3v) is 4.20. The van der Waals surface area contributed by atoms with Crippen molar-refractivity contribution >= 4 is 25.6 Å². The normalized spacial score (nSPS) is 11.3. The molecule has 0 radical (unpaired) electrons. The Kier molecular flexibility index (Phi) is 5.82. The Balaban J connectivity index is 2.94. The summed E-state index contributed by atoms with van der Waals surface area (Å²) in [5.41, 5.74) is 0.122. The molecule has 0 saturated heterocycles. The number of carbonyl (C=O) groups excluding carboxylic acids is 1. The Morgan fingerprint density at radius 1 is 1.26 bits per heavy atom. The second-order valence-electron chi connectivity index (χ2n) is 4.37. The van der Waals surface area contributed by atoms with E-state index in [1.165, 1.54) is 17.0 Å². The molecule has 106 valence electrons. The van der Waals surface area contributed by atoms with Crippen LogP contribution in [0.25, 0.3) is 0 Å². The molecule has 0 aliphatic carbocycles. The molecule has 0 saturated carbocycles. The Morgan fingerprint density at radius 3 is 2.47 bits per heavy atom. The molecule has 0 aliphatic rings. The van der Waals surface area contributed by atoms with Gasteiger partial charge in [0.05, 0.1) is 10.5 Å². The highest BCUT2D eigenvalue weighted by Gasteiger charge is 2.21. The van der Waals surface area contributed by atoms with Gasteiger partial charge < -0.3 is 4.90 Å². The number of hydrogen-bond acceptors (Lipinski definition) is 3. The van der Waals surface area contributed by atoms with Crippen LogP contribution in [-0.4, -0.2) is 32.8 Å². The van der Waals surface area contributed by atoms with Crippen LogP contribution < -0.4 is 0 Å². The summed E-state index contributed by atoms with van der Waals surface area (Å²) in [6.45, 7) is 2.68. The summed E-state index contributed by atoms with van der Waals surface area (Å²) in [6.07, 6.45) is 3.00. The van der Waals surface area contributed by atoms with E-state index >= 15 is 0 Å². The lowest BCUT2D eigenvalue weighted by molar-refractivity contribution is 0.0789. The molecule has 19 heavy (non-hydrogen) atoms. The van der Waals surface area contributed by atoms with Gasteiger partial charge >= 0.3 is 0 Å². The molecule has 0 fully saturated rings. The van der Waals surface area contributed by atoms with Crippen LogP contribution >= 0.6 is 10.7 Å². The Hall–Kier alpha value is -1.07. The van der Waals surface area contributed by atoms with Crippen molar-refractivity contribution < 1.29 is 13.2 Å². The number of benzene rings is 1. The van der Waals surface area contributed by atoms with Gasteiger partial charge in [0.2, 0.25) is 0 Å². The quantitative estimate of drug-likeness (QED) is 0.600. The summed E-state index contributed by atoms with van der Waals surface area (Å²) in [5.74, 6) is -0.323. The predicted octanol–water partition coefficient (Wildman–Crippen LogP) is 2.88. The van der Waals surface area contributed by atoms with E-state index in [0.717, 1.165) is 19.3 Å². The molecule has 0 heterocycles. The number of hydrogen-bond donors (Lipinski definition) is 0. The summed E-state index contributed by atoms with van der Waals surface area (Å²) < 4.78 is 22.9. The summed E-state index contributed by atoms with van der Waals surface area (Å²) in [6, 6.07) is 5.99. The van der Waals surface area contributed by atoms with Crippen LogP contribution in [0.2, 0.25) is 0 Å². The number of unbranched alkanes of at least 4 members (excludes halogenated alkanes) is 2. The fourth-order valence-electron chi connectivity index (χ4n) is 1.76. The van der Waals surface area contributed by atoms with Gasteiger partial charge in [-0.25, -0.2) is 8.42 Å². The summed E-state index contributed by atoms with van der Waals surface area (Å²) in [5, 5.41) is 0. The lowest BCUT2D eigenvalue weighted by Gasteiger charge is -2.18. The van der Waals surface area contributed by atoms with E-state index in [0.29, 0.717) is 6.54 Å². The zero-order valence-electron chi connectivity index (χ0n) is 11.1. The maximum absolute atomic E-state index is 12.2. The monoisotopic (exact) mass is 303 g/mol. The number of rotatable bonds is 6. The maximum Gasteiger partial charge on any atom is 0.262 e. The Morgan fingerprint density at radius 2 is 1.89 bits per heavy atom. The summed E-state index contributed by atoms with van der Waals surface area (Å²) in [7, 11) is 3.09. The molecular weight excluding hydrogens is 286 g/mol. The molecule has 0 unspecified atom stereocenters. The van der Waals surface area contributed by atoms with E-state index in [9.17, 15) is 13.2 Å². The minimum Gasteiger partial charge on any atom is -0.342 e. The molecule has 4 nitrogen and oxygen atoms in total. The first kappa shape index (κ1) is 16.0. The van der Waals surface area contributed by atoms with Crippen LogP contribution in [0.1, 0.15) is 36.5 Å². The van der Waals surface area contributed by atoms with E-state index in [1.54, 1.807) is 19.2 Å². The Bertz CT molecular complexity index is 543. The van der Waals surface area contributed by atoms with E-state index in [4.69, 9.17) is 10.7 Å². The second-order valence-corrected chi connectivity index (χ2v) is 6.90. The van der Waals surface area contributed by atoms with Crippen molar-refractivity contribution in [3.05, 3.63) is 29.8 Å². The number of halogens is 1. The van der Waals surface area contributed by atoms with Crippen LogP contribution in [0, 0.1) is 0 Å². The smallest absolute Gasteiger partial charge is 0.262 e. The molecule has 0 N–H and O–H groups in total. The molecule has 0 aromatic heterocycles. The van der Waals surface area contributed by atoms with Gasteiger partial charge in [0, 0.05) is 24.3 Å². The third-order valence-electron chi connectivity index (χ3n) is 2.82. The van der Waals surface area contributed by atoms with E-state index in [1.807, 2.05) is 0 Å². The van der Waals surface area contributed by atoms with Crippen molar-refractivity contribution in [2.24, 2.45) is 0 Å². The number of carbonyl (C=O) groups is 1. The van der Waals surface area contributed by atoms with Crippen LogP contribution in [0.5, 0.6) is 0 Å². The van der Waals surface area contributed by atoms with E-state index in [2.05, 4.69) is 6.92 Å². The van der Waals surface area contributed by atoms with Gasteiger partial charge in [0.25, 0.3) is 15.0 Å². The molecule has 0 atom stereocenters. The standard InChI is InChI=1S/C13H18ClNO3S/c1-3-4-7-10-15(2)13(16)11-8-5-6-9-12(11)19(14,17)18/h5-6,8-9H,3-4,7,10H2,1-2H3. The molecule has 0 bridgehead atoms. The van der Waals surface area contributed by atoms with Crippen LogP contribution in [0.3, 0.4) is 0 Å². The first-order valence-electron chi connectivity index (χ1n) is 6.17. The van der Waals surface area contributed by atoms with Gasteiger partial charge in [0.15, 0.2) is 0 Å². The highest BCUT2D eigenvalue weighted by molar-refractivity contribution is 8.13. The van der Waals surface area contributed by atoms with Gasteiger partial charge in [-0.3, -0.25) is 4.79 Å². The average molecular weight is 304 g/mol. The molecule has 1 amide bonds. The molecule has 1 aromatic rings. The second kappa shape index (κ2) is 6.91. The van der Waals surface area contributed by atoms with Crippen molar-refractivity contribution in [3.63, 3.8) is 0 Å². The number of amides is 1.